The number of imide groups is 1. The summed E-state index contributed by atoms with van der Waals surface area (Å²) in [5, 5.41) is 13.6. The first kappa shape index (κ1) is 14.7. The predicted molar refractivity (Wildman–Crippen MR) is 81.3 cm³/mol. The second kappa shape index (κ2) is 5.51. The highest BCUT2D eigenvalue weighted by molar-refractivity contribution is 7.99. The third kappa shape index (κ3) is 2.63. The van der Waals surface area contributed by atoms with Crippen molar-refractivity contribution < 1.29 is 14.7 Å². The first-order valence-corrected chi connectivity index (χ1v) is 8.20. The van der Waals surface area contributed by atoms with Crippen LogP contribution in [0, 0.1) is 0 Å². The van der Waals surface area contributed by atoms with Crippen LogP contribution in [-0.2, 0) is 4.79 Å². The molecule has 1 spiro atoms. The van der Waals surface area contributed by atoms with Crippen molar-refractivity contribution in [2.75, 3.05) is 18.1 Å². The molecule has 2 atom stereocenters. The molecule has 2 fully saturated rings. The number of nitrogens with zero attached hydrogens (tertiary/aromatic N) is 1. The average Bonchev–Trinajstić information content (AvgIpc) is 3.01. The first-order valence-electron chi connectivity index (χ1n) is 6.67. The van der Waals surface area contributed by atoms with E-state index >= 15 is 0 Å². The number of nitrogens with one attached hydrogen (secondary N) is 1. The molecule has 2 aliphatic heterocycles. The molecule has 7 heteroatoms. The van der Waals surface area contributed by atoms with Gasteiger partial charge in [0.2, 0.25) is 0 Å². The molecule has 112 valence electrons. The van der Waals surface area contributed by atoms with Gasteiger partial charge in [0.1, 0.15) is 5.54 Å². The number of carbonyl (C=O) groups is 2. The molecular weight excluding hydrogens is 312 g/mol. The smallest absolute Gasteiger partial charge is 0.325 e. The van der Waals surface area contributed by atoms with Crippen molar-refractivity contribution in [3.63, 3.8) is 0 Å². The minimum absolute atomic E-state index is 0.0429. The molecular formula is C14H15ClN2O3S. The molecule has 0 unspecified atom stereocenters. The Kier molecular flexibility index (Phi) is 3.86. The van der Waals surface area contributed by atoms with E-state index in [0.29, 0.717) is 22.8 Å². The molecule has 0 aliphatic carbocycles. The van der Waals surface area contributed by atoms with Crippen molar-refractivity contribution in [1.29, 1.82) is 0 Å². The van der Waals surface area contributed by atoms with Crippen LogP contribution in [0.2, 0.25) is 5.02 Å². The van der Waals surface area contributed by atoms with Crippen molar-refractivity contribution in [3.8, 4) is 0 Å². The number of hydrogen-bond donors (Lipinski definition) is 2. The number of carbonyl (C=O) groups excluding carboxylic acids is 2. The zero-order valence-electron chi connectivity index (χ0n) is 11.2. The fourth-order valence-electron chi connectivity index (χ4n) is 2.64. The zero-order chi connectivity index (χ0) is 15.0. The Morgan fingerprint density at radius 2 is 2.10 bits per heavy atom. The van der Waals surface area contributed by atoms with Crippen LogP contribution in [0.15, 0.2) is 24.3 Å². The number of aliphatic hydroxyl groups is 1. The number of amides is 3. The van der Waals surface area contributed by atoms with Crippen molar-refractivity contribution in [3.05, 3.63) is 34.9 Å². The van der Waals surface area contributed by atoms with E-state index in [4.69, 9.17) is 11.6 Å². The van der Waals surface area contributed by atoms with Crippen LogP contribution in [0.4, 0.5) is 4.79 Å². The van der Waals surface area contributed by atoms with E-state index in [9.17, 15) is 14.7 Å². The van der Waals surface area contributed by atoms with Crippen LogP contribution in [0.3, 0.4) is 0 Å². The molecule has 0 aromatic heterocycles. The van der Waals surface area contributed by atoms with Gasteiger partial charge in [-0.25, -0.2) is 4.79 Å². The summed E-state index contributed by atoms with van der Waals surface area (Å²) in [5.41, 5.74) is -0.136. The highest BCUT2D eigenvalue weighted by Crippen LogP contribution is 2.34. The van der Waals surface area contributed by atoms with Crippen molar-refractivity contribution >= 4 is 35.3 Å². The molecule has 2 heterocycles. The predicted octanol–water partition coefficient (Wildman–Crippen LogP) is 1.80. The van der Waals surface area contributed by atoms with E-state index in [0.717, 1.165) is 10.7 Å². The Hall–Kier alpha value is -1.24. The van der Waals surface area contributed by atoms with Crippen LogP contribution < -0.4 is 5.32 Å². The fraction of sp³-hybridized carbons (Fsp3) is 0.429. The summed E-state index contributed by atoms with van der Waals surface area (Å²) < 4.78 is 0. The highest BCUT2D eigenvalue weighted by atomic mass is 35.5. The lowest BCUT2D eigenvalue weighted by molar-refractivity contribution is -0.131. The van der Waals surface area contributed by atoms with Gasteiger partial charge in [0, 0.05) is 10.8 Å². The van der Waals surface area contributed by atoms with E-state index < -0.39 is 17.7 Å². The van der Waals surface area contributed by atoms with Crippen molar-refractivity contribution in [2.45, 2.75) is 18.1 Å². The summed E-state index contributed by atoms with van der Waals surface area (Å²) in [6.07, 6.45) is -0.267. The van der Waals surface area contributed by atoms with Crippen molar-refractivity contribution in [1.82, 2.24) is 10.2 Å². The first-order chi connectivity index (χ1) is 10.0. The maximum absolute atomic E-state index is 12.5. The van der Waals surface area contributed by atoms with E-state index in [-0.39, 0.29) is 12.5 Å². The van der Waals surface area contributed by atoms with Gasteiger partial charge in [0.15, 0.2) is 0 Å². The van der Waals surface area contributed by atoms with Gasteiger partial charge in [-0.05, 0) is 29.9 Å². The Balaban J connectivity index is 1.74. The molecule has 2 aliphatic rings. The number of thioether (sulfide) groups is 1. The molecule has 2 N–H and O–H groups in total. The molecule has 21 heavy (non-hydrogen) atoms. The van der Waals surface area contributed by atoms with Crippen LogP contribution >= 0.6 is 23.4 Å². The summed E-state index contributed by atoms with van der Waals surface area (Å²) in [6.45, 7) is -0.0429. The maximum atomic E-state index is 12.5. The van der Waals surface area contributed by atoms with E-state index in [1.165, 1.54) is 0 Å². The summed E-state index contributed by atoms with van der Waals surface area (Å²) in [5.74, 6) is 1.23. The zero-order valence-corrected chi connectivity index (χ0v) is 12.8. The standard InChI is InChI=1S/C14H15ClN2O3S/c15-10-3-1-9(2-4-10)11(18)7-17-12(19)14(16-13(17)20)5-6-21-8-14/h1-4,11,18H,5-8H2,(H,16,20)/t11-,14+/m0/s1. The van der Waals surface area contributed by atoms with Crippen LogP contribution in [0.5, 0.6) is 0 Å². The largest absolute Gasteiger partial charge is 0.387 e. The molecule has 1 aromatic carbocycles. The van der Waals surface area contributed by atoms with E-state index in [2.05, 4.69) is 5.32 Å². The number of hydrogen-bond acceptors (Lipinski definition) is 4. The average molecular weight is 327 g/mol. The fourth-order valence-corrected chi connectivity index (χ4v) is 4.09. The molecule has 0 bridgehead atoms. The van der Waals surface area contributed by atoms with Gasteiger partial charge < -0.3 is 10.4 Å². The Bertz CT molecular complexity index is 572. The lowest BCUT2D eigenvalue weighted by Gasteiger charge is -2.21. The van der Waals surface area contributed by atoms with Gasteiger partial charge in [-0.15, -0.1) is 0 Å². The number of aliphatic hydroxyl groups excluding tert-OH is 1. The second-order valence-corrected chi connectivity index (χ2v) is 6.84. The molecule has 3 rings (SSSR count). The molecule has 0 radical (unpaired) electrons. The minimum atomic E-state index is -0.916. The summed E-state index contributed by atoms with van der Waals surface area (Å²) in [7, 11) is 0. The van der Waals surface area contributed by atoms with Gasteiger partial charge in [-0.1, -0.05) is 23.7 Å². The van der Waals surface area contributed by atoms with Gasteiger partial charge in [-0.2, -0.15) is 11.8 Å². The van der Waals surface area contributed by atoms with E-state index in [1.54, 1.807) is 36.0 Å². The highest BCUT2D eigenvalue weighted by Gasteiger charge is 2.53. The van der Waals surface area contributed by atoms with Crippen LogP contribution in [0.25, 0.3) is 0 Å². The SMILES string of the molecule is O=C1N[C@@]2(CCSC2)C(=O)N1C[C@H](O)c1ccc(Cl)cc1. The Morgan fingerprint density at radius 3 is 2.71 bits per heavy atom. The van der Waals surface area contributed by atoms with Crippen LogP contribution in [-0.4, -0.2) is 45.5 Å². The molecule has 0 saturated carbocycles. The van der Waals surface area contributed by atoms with Gasteiger partial charge >= 0.3 is 6.03 Å². The third-order valence-electron chi connectivity index (χ3n) is 3.88. The Morgan fingerprint density at radius 1 is 1.38 bits per heavy atom. The lowest BCUT2D eigenvalue weighted by Crippen LogP contribution is -2.47. The summed E-state index contributed by atoms with van der Waals surface area (Å²) in [4.78, 5) is 25.6. The molecule has 3 amide bonds. The van der Waals surface area contributed by atoms with Gasteiger partial charge in [0.05, 0.1) is 12.6 Å². The van der Waals surface area contributed by atoms with Crippen molar-refractivity contribution in [2.24, 2.45) is 0 Å². The van der Waals surface area contributed by atoms with Crippen LogP contribution in [0.1, 0.15) is 18.1 Å². The quantitative estimate of drug-likeness (QED) is 0.831. The number of halogens is 1. The number of rotatable bonds is 3. The molecule has 1 aromatic rings. The lowest BCUT2D eigenvalue weighted by atomic mass is 9.99. The second-order valence-electron chi connectivity index (χ2n) is 5.30. The summed E-state index contributed by atoms with van der Waals surface area (Å²) in [6, 6.07) is 6.29. The maximum Gasteiger partial charge on any atom is 0.325 e. The van der Waals surface area contributed by atoms with E-state index in [1.807, 2.05) is 0 Å². The van der Waals surface area contributed by atoms with Gasteiger partial charge in [0.25, 0.3) is 5.91 Å². The number of β-amino-alcohol motifs (C(OH)–C–C–N with tert-alkyl or cyclic N) is 1. The minimum Gasteiger partial charge on any atom is -0.387 e. The number of benzene rings is 1. The topological polar surface area (TPSA) is 69.6 Å². The van der Waals surface area contributed by atoms with Gasteiger partial charge in [-0.3, -0.25) is 9.69 Å². The third-order valence-corrected chi connectivity index (χ3v) is 5.32. The molecule has 2 saturated heterocycles. The Labute approximate surface area is 131 Å². The monoisotopic (exact) mass is 326 g/mol. The molecule has 5 nitrogen and oxygen atoms in total. The normalized spacial score (nSPS) is 26.5. The summed E-state index contributed by atoms with van der Waals surface area (Å²) >= 11 is 7.46. The number of urea groups is 1.